The fourth-order valence-corrected chi connectivity index (χ4v) is 3.69. The summed E-state index contributed by atoms with van der Waals surface area (Å²) in [7, 11) is 1.62. The molecule has 0 radical (unpaired) electrons. The number of halogens is 1. The molecule has 1 heterocycles. The van der Waals surface area contributed by atoms with E-state index in [1.807, 2.05) is 24.3 Å². The number of hydrogen-bond donors (Lipinski definition) is 1. The number of hydrogen-bond acceptors (Lipinski definition) is 5. The van der Waals surface area contributed by atoms with Crippen LogP contribution in [0.4, 0.5) is 0 Å². The summed E-state index contributed by atoms with van der Waals surface area (Å²) in [6.45, 7) is 5.02. The summed E-state index contributed by atoms with van der Waals surface area (Å²) in [5, 5.41) is 4.05. The monoisotopic (exact) mass is 444 g/mol. The molecule has 1 N–H and O–H groups in total. The molecule has 1 aliphatic rings. The number of ether oxygens (including phenoxy) is 1. The van der Waals surface area contributed by atoms with Gasteiger partial charge >= 0.3 is 0 Å². The maximum atomic E-state index is 12.1. The molecule has 0 aromatic heterocycles. The van der Waals surface area contributed by atoms with Crippen molar-refractivity contribution in [1.29, 1.82) is 0 Å². The van der Waals surface area contributed by atoms with Gasteiger partial charge in [0.1, 0.15) is 5.75 Å². The van der Waals surface area contributed by atoms with Crippen molar-refractivity contribution in [2.45, 2.75) is 6.54 Å². The topological polar surface area (TPSA) is 57.2 Å². The van der Waals surface area contributed by atoms with Crippen LogP contribution in [0.15, 0.2) is 58.1 Å². The number of nitrogens with one attached hydrogen (secondary N) is 1. The molecule has 0 saturated carbocycles. The second kappa shape index (κ2) is 10.4. The summed E-state index contributed by atoms with van der Waals surface area (Å²) in [6, 6.07) is 16.1. The van der Waals surface area contributed by atoms with Crippen molar-refractivity contribution in [3.8, 4) is 5.75 Å². The number of benzene rings is 2. The average molecular weight is 445 g/mol. The third kappa shape index (κ3) is 6.15. The van der Waals surface area contributed by atoms with Crippen LogP contribution in [0.25, 0.3) is 0 Å². The molecular weight excluding hydrogens is 420 g/mol. The molecule has 0 aliphatic carbocycles. The van der Waals surface area contributed by atoms with Crippen molar-refractivity contribution >= 4 is 28.1 Å². The number of amides is 1. The third-order valence-corrected chi connectivity index (χ3v) is 5.28. The number of nitrogens with zero attached hydrogens (tertiary/aromatic N) is 3. The molecule has 7 heteroatoms. The molecule has 3 rings (SSSR count). The number of hydrazone groups is 1. The van der Waals surface area contributed by atoms with Gasteiger partial charge in [-0.05, 0) is 45.3 Å². The van der Waals surface area contributed by atoms with Crippen molar-refractivity contribution < 1.29 is 9.53 Å². The number of piperazine rings is 1. The predicted octanol–water partition coefficient (Wildman–Crippen LogP) is 2.73. The molecule has 1 saturated heterocycles. The lowest BCUT2D eigenvalue weighted by atomic mass is 10.2. The maximum absolute atomic E-state index is 12.1. The van der Waals surface area contributed by atoms with Gasteiger partial charge in [0.25, 0.3) is 5.91 Å². The van der Waals surface area contributed by atoms with Gasteiger partial charge in [-0.25, -0.2) is 5.43 Å². The van der Waals surface area contributed by atoms with Gasteiger partial charge in [0.15, 0.2) is 0 Å². The van der Waals surface area contributed by atoms with Crippen LogP contribution in [0.2, 0.25) is 0 Å². The highest BCUT2D eigenvalue weighted by Crippen LogP contribution is 2.24. The zero-order valence-corrected chi connectivity index (χ0v) is 17.6. The molecule has 0 unspecified atom stereocenters. The van der Waals surface area contributed by atoms with E-state index < -0.39 is 0 Å². The highest BCUT2D eigenvalue weighted by Gasteiger charge is 2.18. The summed E-state index contributed by atoms with van der Waals surface area (Å²) in [4.78, 5) is 16.7. The normalized spacial score (nSPS) is 15.6. The minimum absolute atomic E-state index is 0.0969. The highest BCUT2D eigenvalue weighted by atomic mass is 79.9. The van der Waals surface area contributed by atoms with Crippen molar-refractivity contribution in [2.75, 3.05) is 39.8 Å². The van der Waals surface area contributed by atoms with Crippen LogP contribution in [0.5, 0.6) is 5.75 Å². The van der Waals surface area contributed by atoms with Gasteiger partial charge in [0, 0.05) is 32.7 Å². The Hall–Kier alpha value is -2.22. The maximum Gasteiger partial charge on any atom is 0.254 e. The second-order valence-electron chi connectivity index (χ2n) is 6.73. The van der Waals surface area contributed by atoms with Gasteiger partial charge < -0.3 is 4.74 Å². The first-order valence-electron chi connectivity index (χ1n) is 9.28. The van der Waals surface area contributed by atoms with E-state index in [9.17, 15) is 4.79 Å². The Labute approximate surface area is 174 Å². The average Bonchev–Trinajstić information content (AvgIpc) is 2.70. The summed E-state index contributed by atoms with van der Waals surface area (Å²) >= 11 is 3.43. The zero-order chi connectivity index (χ0) is 19.8. The van der Waals surface area contributed by atoms with E-state index in [2.05, 4.69) is 60.5 Å². The number of carbonyl (C=O) groups excluding carboxylic acids is 1. The van der Waals surface area contributed by atoms with E-state index in [0.717, 1.165) is 48.5 Å². The highest BCUT2D eigenvalue weighted by molar-refractivity contribution is 9.10. The first-order valence-corrected chi connectivity index (χ1v) is 10.1. The molecule has 0 bridgehead atoms. The van der Waals surface area contributed by atoms with Crippen molar-refractivity contribution in [3.05, 3.63) is 64.1 Å². The molecule has 0 atom stereocenters. The van der Waals surface area contributed by atoms with Crippen LogP contribution in [0, 0.1) is 0 Å². The van der Waals surface area contributed by atoms with Crippen molar-refractivity contribution in [1.82, 2.24) is 15.2 Å². The molecule has 1 amide bonds. The summed E-state index contributed by atoms with van der Waals surface area (Å²) < 4.78 is 6.04. The van der Waals surface area contributed by atoms with Gasteiger partial charge in [0.2, 0.25) is 0 Å². The van der Waals surface area contributed by atoms with Gasteiger partial charge in [-0.15, -0.1) is 0 Å². The molecule has 2 aromatic rings. The van der Waals surface area contributed by atoms with E-state index in [1.165, 1.54) is 5.56 Å². The van der Waals surface area contributed by atoms with Crippen LogP contribution < -0.4 is 10.2 Å². The first kappa shape index (κ1) is 20.5. The Balaban J connectivity index is 1.39. The second-order valence-corrected chi connectivity index (χ2v) is 7.58. The Morgan fingerprint density at radius 2 is 1.86 bits per heavy atom. The van der Waals surface area contributed by atoms with E-state index in [4.69, 9.17) is 4.74 Å². The third-order valence-electron chi connectivity index (χ3n) is 4.66. The van der Waals surface area contributed by atoms with Crippen molar-refractivity contribution in [2.24, 2.45) is 5.10 Å². The van der Waals surface area contributed by atoms with Crippen molar-refractivity contribution in [3.63, 3.8) is 0 Å². The quantitative estimate of drug-likeness (QED) is 0.526. The molecule has 2 aromatic carbocycles. The predicted molar refractivity (Wildman–Crippen MR) is 115 cm³/mol. The number of methoxy groups -OCH3 is 1. The lowest BCUT2D eigenvalue weighted by Crippen LogP contribution is -2.48. The zero-order valence-electron chi connectivity index (χ0n) is 16.0. The summed E-state index contributed by atoms with van der Waals surface area (Å²) in [5.74, 6) is 0.660. The lowest BCUT2D eigenvalue weighted by Gasteiger charge is -2.34. The van der Waals surface area contributed by atoms with Gasteiger partial charge in [0.05, 0.1) is 24.3 Å². The standard InChI is InChI=1S/C21H25BrN4O2/c1-28-20-8-7-18(13-19(20)22)14-23-24-21(27)16-26-11-9-25(10-12-26)15-17-5-3-2-4-6-17/h2-8,13-14H,9-12,15-16H2,1H3,(H,24,27)/b23-14+. The van der Waals surface area contributed by atoms with Gasteiger partial charge in [-0.2, -0.15) is 5.10 Å². The summed E-state index contributed by atoms with van der Waals surface area (Å²) in [5.41, 5.74) is 4.81. The molecule has 148 valence electrons. The molecule has 1 aliphatic heterocycles. The number of carbonyl (C=O) groups is 1. The Morgan fingerprint density at radius 1 is 1.14 bits per heavy atom. The fraction of sp³-hybridized carbons (Fsp3) is 0.333. The Bertz CT molecular complexity index is 805. The fourth-order valence-electron chi connectivity index (χ4n) is 3.13. The summed E-state index contributed by atoms with van der Waals surface area (Å²) in [6.07, 6.45) is 1.62. The van der Waals surface area contributed by atoms with Gasteiger partial charge in [-0.1, -0.05) is 30.3 Å². The minimum atomic E-state index is -0.0969. The molecular formula is C21H25BrN4O2. The van der Waals surface area contributed by atoms with Crippen LogP contribution in [0.3, 0.4) is 0 Å². The smallest absolute Gasteiger partial charge is 0.254 e. The van der Waals surface area contributed by atoms with Crippen LogP contribution in [-0.2, 0) is 11.3 Å². The first-order chi connectivity index (χ1) is 13.6. The van der Waals surface area contributed by atoms with Crippen LogP contribution in [0.1, 0.15) is 11.1 Å². The largest absolute Gasteiger partial charge is 0.496 e. The number of rotatable bonds is 7. The van der Waals surface area contributed by atoms with Crippen LogP contribution in [-0.4, -0.2) is 61.8 Å². The van der Waals surface area contributed by atoms with E-state index >= 15 is 0 Å². The van der Waals surface area contributed by atoms with E-state index in [-0.39, 0.29) is 5.91 Å². The van der Waals surface area contributed by atoms with Gasteiger partial charge in [-0.3, -0.25) is 14.6 Å². The Kier molecular flexibility index (Phi) is 7.59. The van der Waals surface area contributed by atoms with Crippen LogP contribution >= 0.6 is 15.9 Å². The van der Waals surface area contributed by atoms with E-state index in [0.29, 0.717) is 6.54 Å². The minimum Gasteiger partial charge on any atom is -0.496 e. The lowest BCUT2D eigenvalue weighted by molar-refractivity contribution is -0.122. The molecule has 1 fully saturated rings. The Morgan fingerprint density at radius 3 is 2.54 bits per heavy atom. The van der Waals surface area contributed by atoms with E-state index in [1.54, 1.807) is 13.3 Å². The SMILES string of the molecule is COc1ccc(/C=N/NC(=O)CN2CCN(Cc3ccccc3)CC2)cc1Br. The molecule has 28 heavy (non-hydrogen) atoms. The molecule has 6 nitrogen and oxygen atoms in total. The molecule has 0 spiro atoms.